The molecule has 1 N–H and O–H groups in total. The van der Waals surface area contributed by atoms with E-state index in [1.165, 1.54) is 0 Å². The van der Waals surface area contributed by atoms with Crippen molar-refractivity contribution in [1.82, 2.24) is 5.32 Å². The molecule has 0 heterocycles. The molecule has 1 amide bonds. The molecule has 0 aliphatic carbocycles. The third kappa shape index (κ3) is 5.67. The summed E-state index contributed by atoms with van der Waals surface area (Å²) in [5.74, 6) is 5.80. The lowest BCUT2D eigenvalue weighted by molar-refractivity contribution is 0.0535. The van der Waals surface area contributed by atoms with Gasteiger partial charge in [0, 0.05) is 5.56 Å². The molecule has 1 aromatic carbocycles. The molecule has 0 aliphatic heterocycles. The first kappa shape index (κ1) is 15.4. The topological polar surface area (TPSA) is 38.3 Å². The van der Waals surface area contributed by atoms with Crippen LogP contribution < -0.4 is 5.32 Å². The zero-order chi connectivity index (χ0) is 14.5. The molecule has 0 aliphatic rings. The number of carbonyl (C=O) groups is 1. The van der Waals surface area contributed by atoms with E-state index < -0.39 is 11.7 Å². The maximum atomic E-state index is 11.4. The third-order valence-electron chi connectivity index (χ3n) is 2.16. The molecule has 0 aromatic heterocycles. The van der Waals surface area contributed by atoms with Gasteiger partial charge >= 0.3 is 6.09 Å². The third-order valence-corrected chi connectivity index (χ3v) is 2.47. The monoisotopic (exact) mass is 279 g/mol. The van der Waals surface area contributed by atoms with Gasteiger partial charge in [-0.2, -0.15) is 0 Å². The van der Waals surface area contributed by atoms with Gasteiger partial charge in [0.1, 0.15) is 5.60 Å². The number of alkyl carbamates (subject to hydrolysis) is 1. The Bertz CT molecular complexity index is 501. The molecular weight excluding hydrogens is 262 g/mol. The lowest BCUT2D eigenvalue weighted by Crippen LogP contribution is -2.32. The number of hydrogen-bond acceptors (Lipinski definition) is 2. The smallest absolute Gasteiger partial charge is 0.408 e. The van der Waals surface area contributed by atoms with Crippen LogP contribution in [0.3, 0.4) is 0 Å². The molecule has 19 heavy (non-hydrogen) atoms. The predicted octanol–water partition coefficient (Wildman–Crippen LogP) is 3.52. The van der Waals surface area contributed by atoms with Crippen LogP contribution in [0.5, 0.6) is 0 Å². The summed E-state index contributed by atoms with van der Waals surface area (Å²) >= 11 is 6.04. The van der Waals surface area contributed by atoms with E-state index >= 15 is 0 Å². The SMILES string of the molecule is Cc1cccc(Cl)c1C#CCNC(=O)OC(C)(C)C. The summed E-state index contributed by atoms with van der Waals surface area (Å²) in [6.45, 7) is 7.60. The average molecular weight is 280 g/mol. The number of amides is 1. The first-order valence-electron chi connectivity index (χ1n) is 6.00. The quantitative estimate of drug-likeness (QED) is 0.799. The fourth-order valence-corrected chi connectivity index (χ4v) is 1.62. The van der Waals surface area contributed by atoms with Crippen molar-refractivity contribution in [3.8, 4) is 11.8 Å². The van der Waals surface area contributed by atoms with Crippen molar-refractivity contribution in [3.05, 3.63) is 34.3 Å². The van der Waals surface area contributed by atoms with E-state index in [0.717, 1.165) is 11.1 Å². The number of halogens is 1. The number of benzene rings is 1. The molecule has 1 rings (SSSR count). The second kappa shape index (κ2) is 6.49. The maximum absolute atomic E-state index is 11.4. The van der Waals surface area contributed by atoms with Crippen LogP contribution in [-0.4, -0.2) is 18.2 Å². The Kier molecular flexibility index (Phi) is 5.26. The second-order valence-corrected chi connectivity index (χ2v) is 5.50. The number of ether oxygens (including phenoxy) is 1. The first-order chi connectivity index (χ1) is 8.79. The molecule has 0 saturated carbocycles. The molecule has 1 aromatic rings. The Morgan fingerprint density at radius 1 is 1.42 bits per heavy atom. The van der Waals surface area contributed by atoms with Gasteiger partial charge in [0.25, 0.3) is 0 Å². The molecule has 0 atom stereocenters. The van der Waals surface area contributed by atoms with E-state index in [2.05, 4.69) is 17.2 Å². The highest BCUT2D eigenvalue weighted by Crippen LogP contribution is 2.17. The van der Waals surface area contributed by atoms with Crippen molar-refractivity contribution in [1.29, 1.82) is 0 Å². The maximum Gasteiger partial charge on any atom is 0.408 e. The lowest BCUT2D eigenvalue weighted by Gasteiger charge is -2.19. The lowest BCUT2D eigenvalue weighted by atomic mass is 10.1. The molecule has 0 radical (unpaired) electrons. The van der Waals surface area contributed by atoms with Crippen molar-refractivity contribution in [3.63, 3.8) is 0 Å². The summed E-state index contributed by atoms with van der Waals surface area (Å²) in [7, 11) is 0. The Morgan fingerprint density at radius 3 is 2.68 bits per heavy atom. The largest absolute Gasteiger partial charge is 0.444 e. The molecule has 0 spiro atoms. The van der Waals surface area contributed by atoms with Crippen LogP contribution in [0.15, 0.2) is 18.2 Å². The van der Waals surface area contributed by atoms with Crippen LogP contribution >= 0.6 is 11.6 Å². The summed E-state index contributed by atoms with van der Waals surface area (Å²) in [5, 5.41) is 3.19. The number of carbonyl (C=O) groups excluding carboxylic acids is 1. The highest BCUT2D eigenvalue weighted by Gasteiger charge is 2.14. The number of nitrogens with one attached hydrogen (secondary N) is 1. The first-order valence-corrected chi connectivity index (χ1v) is 6.38. The van der Waals surface area contributed by atoms with Crippen LogP contribution in [0, 0.1) is 18.8 Å². The van der Waals surface area contributed by atoms with Gasteiger partial charge in [-0.1, -0.05) is 35.6 Å². The van der Waals surface area contributed by atoms with Gasteiger partial charge in [-0.25, -0.2) is 4.79 Å². The van der Waals surface area contributed by atoms with Gasteiger partial charge in [-0.3, -0.25) is 0 Å². The fraction of sp³-hybridized carbons (Fsp3) is 0.400. The van der Waals surface area contributed by atoms with Gasteiger partial charge in [0.05, 0.1) is 11.6 Å². The van der Waals surface area contributed by atoms with E-state index in [-0.39, 0.29) is 6.54 Å². The summed E-state index contributed by atoms with van der Waals surface area (Å²) < 4.78 is 5.09. The van der Waals surface area contributed by atoms with Crippen LogP contribution in [0.1, 0.15) is 31.9 Å². The van der Waals surface area contributed by atoms with E-state index in [4.69, 9.17) is 16.3 Å². The molecule has 0 bridgehead atoms. The van der Waals surface area contributed by atoms with Crippen LogP contribution in [0.25, 0.3) is 0 Å². The van der Waals surface area contributed by atoms with Gasteiger partial charge < -0.3 is 10.1 Å². The Balaban J connectivity index is 2.55. The zero-order valence-corrected chi connectivity index (χ0v) is 12.4. The van der Waals surface area contributed by atoms with Crippen molar-refractivity contribution in [2.75, 3.05) is 6.54 Å². The van der Waals surface area contributed by atoms with Crippen LogP contribution in [0.2, 0.25) is 5.02 Å². The average Bonchev–Trinajstić information content (AvgIpc) is 2.25. The molecule has 0 fully saturated rings. The minimum absolute atomic E-state index is 0.222. The van der Waals surface area contributed by atoms with Crippen LogP contribution in [-0.2, 0) is 4.74 Å². The highest BCUT2D eigenvalue weighted by atomic mass is 35.5. The van der Waals surface area contributed by atoms with Crippen LogP contribution in [0.4, 0.5) is 4.79 Å². The van der Waals surface area contributed by atoms with Gasteiger partial charge in [0.15, 0.2) is 0 Å². The van der Waals surface area contributed by atoms with Crippen molar-refractivity contribution in [2.24, 2.45) is 0 Å². The number of rotatable bonds is 1. The molecular formula is C15H18ClNO2. The van der Waals surface area contributed by atoms with E-state index in [9.17, 15) is 4.79 Å². The zero-order valence-electron chi connectivity index (χ0n) is 11.6. The van der Waals surface area contributed by atoms with Gasteiger partial charge in [-0.05, 0) is 39.3 Å². The highest BCUT2D eigenvalue weighted by molar-refractivity contribution is 6.31. The minimum atomic E-state index is -0.503. The van der Waals surface area contributed by atoms with Crippen molar-refractivity contribution >= 4 is 17.7 Å². The summed E-state index contributed by atoms with van der Waals surface area (Å²) in [5.41, 5.74) is 1.30. The number of hydrogen-bond donors (Lipinski definition) is 1. The van der Waals surface area contributed by atoms with Gasteiger partial charge in [0.2, 0.25) is 0 Å². The summed E-state index contributed by atoms with van der Waals surface area (Å²) in [6, 6.07) is 5.61. The van der Waals surface area contributed by atoms with Crippen molar-refractivity contribution in [2.45, 2.75) is 33.3 Å². The molecule has 0 saturated heterocycles. The second-order valence-electron chi connectivity index (χ2n) is 5.09. The van der Waals surface area contributed by atoms with Gasteiger partial charge in [-0.15, -0.1) is 0 Å². The summed E-state index contributed by atoms with van der Waals surface area (Å²) in [6.07, 6.45) is -0.474. The normalized spacial score (nSPS) is 10.4. The Hall–Kier alpha value is -1.66. The predicted molar refractivity (Wildman–Crippen MR) is 77.3 cm³/mol. The summed E-state index contributed by atoms with van der Waals surface area (Å²) in [4.78, 5) is 11.4. The van der Waals surface area contributed by atoms with E-state index in [1.54, 1.807) is 6.07 Å². The fourth-order valence-electron chi connectivity index (χ4n) is 1.35. The molecule has 0 unspecified atom stereocenters. The number of aryl methyl sites for hydroxylation is 1. The Labute approximate surface area is 119 Å². The van der Waals surface area contributed by atoms with E-state index in [0.29, 0.717) is 5.02 Å². The Morgan fingerprint density at radius 2 is 2.11 bits per heavy atom. The molecule has 3 nitrogen and oxygen atoms in total. The van der Waals surface area contributed by atoms with Crippen molar-refractivity contribution < 1.29 is 9.53 Å². The standard InChI is InChI=1S/C15H18ClNO2/c1-11-7-5-9-13(16)12(11)8-6-10-17-14(18)19-15(2,3)4/h5,7,9H,10H2,1-4H3,(H,17,18). The minimum Gasteiger partial charge on any atom is -0.444 e. The van der Waals surface area contributed by atoms with E-state index in [1.807, 2.05) is 39.8 Å². The molecule has 4 heteroatoms. The molecule has 102 valence electrons.